The normalized spacial score (nSPS) is 16.3. The molecule has 2 heterocycles. The van der Waals surface area contributed by atoms with Gasteiger partial charge in [0, 0.05) is 4.70 Å². The summed E-state index contributed by atoms with van der Waals surface area (Å²) in [6, 6.07) is 14.7. The quantitative estimate of drug-likeness (QED) is 0.496. The van der Waals surface area contributed by atoms with Crippen molar-refractivity contribution in [3.05, 3.63) is 59.0 Å². The summed E-state index contributed by atoms with van der Waals surface area (Å²) in [7, 11) is 0. The van der Waals surface area contributed by atoms with Gasteiger partial charge < -0.3 is 14.6 Å². The topological polar surface area (TPSA) is 59.0 Å². The second-order valence-electron chi connectivity index (χ2n) is 7.81. The van der Waals surface area contributed by atoms with Crippen LogP contribution < -0.4 is 9.47 Å². The van der Waals surface area contributed by atoms with E-state index in [0.29, 0.717) is 26.1 Å². The molecule has 0 aliphatic carbocycles. The summed E-state index contributed by atoms with van der Waals surface area (Å²) in [5.41, 5.74) is 2.41. The molecule has 164 valence electrons. The zero-order valence-corrected chi connectivity index (χ0v) is 18.9. The Morgan fingerprint density at radius 1 is 1.10 bits per heavy atom. The van der Waals surface area contributed by atoms with Crippen LogP contribution in [0.15, 0.2) is 47.8 Å². The monoisotopic (exact) mass is 439 g/mol. The summed E-state index contributed by atoms with van der Waals surface area (Å²) in [6.45, 7) is 6.60. The SMILES string of the molecule is CCOc1ccc(C(c2csc3ccccc23)N2CCC(C(=O)O)CC2)cc1OCC. The number of piperidine rings is 1. The van der Waals surface area contributed by atoms with Crippen LogP contribution in [0.25, 0.3) is 10.1 Å². The molecule has 1 atom stereocenters. The number of fused-ring (bicyclic) bond motifs is 1. The molecule has 1 saturated heterocycles. The average molecular weight is 440 g/mol. The van der Waals surface area contributed by atoms with Crippen molar-refractivity contribution >= 4 is 27.4 Å². The van der Waals surface area contributed by atoms with Crippen molar-refractivity contribution in [3.63, 3.8) is 0 Å². The Morgan fingerprint density at radius 2 is 1.81 bits per heavy atom. The van der Waals surface area contributed by atoms with Gasteiger partial charge in [-0.25, -0.2) is 0 Å². The highest BCUT2D eigenvalue weighted by Crippen LogP contribution is 2.41. The Kier molecular flexibility index (Phi) is 6.78. The van der Waals surface area contributed by atoms with Gasteiger partial charge in [0.1, 0.15) is 0 Å². The molecule has 1 N–H and O–H groups in total. The maximum absolute atomic E-state index is 11.5. The number of hydrogen-bond acceptors (Lipinski definition) is 5. The molecule has 4 rings (SSSR count). The van der Waals surface area contributed by atoms with Gasteiger partial charge in [0.2, 0.25) is 0 Å². The van der Waals surface area contributed by atoms with Crippen LogP contribution in [0, 0.1) is 5.92 Å². The Hall–Kier alpha value is -2.57. The fourth-order valence-corrected chi connectivity index (χ4v) is 5.42. The van der Waals surface area contributed by atoms with E-state index >= 15 is 0 Å². The van der Waals surface area contributed by atoms with Gasteiger partial charge >= 0.3 is 5.97 Å². The lowest BCUT2D eigenvalue weighted by molar-refractivity contribution is -0.143. The molecule has 1 aliphatic rings. The summed E-state index contributed by atoms with van der Waals surface area (Å²) in [4.78, 5) is 13.9. The van der Waals surface area contributed by atoms with E-state index in [1.54, 1.807) is 11.3 Å². The maximum Gasteiger partial charge on any atom is 0.306 e. The maximum atomic E-state index is 11.5. The van der Waals surface area contributed by atoms with Crippen molar-refractivity contribution in [1.82, 2.24) is 4.90 Å². The molecule has 31 heavy (non-hydrogen) atoms. The minimum atomic E-state index is -0.683. The Bertz CT molecular complexity index is 1040. The van der Waals surface area contributed by atoms with E-state index < -0.39 is 5.97 Å². The van der Waals surface area contributed by atoms with E-state index in [2.05, 4.69) is 46.7 Å². The molecule has 2 aromatic carbocycles. The van der Waals surface area contributed by atoms with Gasteiger partial charge in [-0.05, 0) is 79.9 Å². The number of carboxylic acid groups (broad SMARTS) is 1. The van der Waals surface area contributed by atoms with E-state index in [9.17, 15) is 9.90 Å². The fourth-order valence-electron chi connectivity index (χ4n) is 4.44. The number of aliphatic carboxylic acids is 1. The second kappa shape index (κ2) is 9.71. The fraction of sp³-hybridized carbons (Fsp3) is 0.400. The van der Waals surface area contributed by atoms with E-state index in [-0.39, 0.29) is 12.0 Å². The lowest BCUT2D eigenvalue weighted by Gasteiger charge is -2.37. The average Bonchev–Trinajstić information content (AvgIpc) is 3.20. The van der Waals surface area contributed by atoms with Crippen molar-refractivity contribution in [3.8, 4) is 11.5 Å². The third-order valence-corrected chi connectivity index (χ3v) is 6.91. The number of benzene rings is 2. The largest absolute Gasteiger partial charge is 0.490 e. The predicted octanol–water partition coefficient (Wildman–Crippen LogP) is 5.58. The Morgan fingerprint density at radius 3 is 2.52 bits per heavy atom. The smallest absolute Gasteiger partial charge is 0.306 e. The van der Waals surface area contributed by atoms with Gasteiger partial charge in [-0.1, -0.05) is 24.3 Å². The third-order valence-electron chi connectivity index (χ3n) is 5.93. The summed E-state index contributed by atoms with van der Waals surface area (Å²) in [6.07, 6.45) is 1.34. The first-order valence-corrected chi connectivity index (χ1v) is 11.8. The molecule has 0 spiro atoms. The van der Waals surface area contributed by atoms with Crippen molar-refractivity contribution in [1.29, 1.82) is 0 Å². The van der Waals surface area contributed by atoms with Crippen molar-refractivity contribution < 1.29 is 19.4 Å². The van der Waals surface area contributed by atoms with Crippen LogP contribution in [-0.2, 0) is 4.79 Å². The molecule has 1 aliphatic heterocycles. The lowest BCUT2D eigenvalue weighted by Crippen LogP contribution is -2.39. The van der Waals surface area contributed by atoms with Crippen molar-refractivity contribution in [2.45, 2.75) is 32.7 Å². The van der Waals surface area contributed by atoms with Gasteiger partial charge in [0.05, 0.1) is 25.2 Å². The van der Waals surface area contributed by atoms with Crippen molar-refractivity contribution in [2.24, 2.45) is 5.92 Å². The number of hydrogen-bond donors (Lipinski definition) is 1. The summed E-state index contributed by atoms with van der Waals surface area (Å²) < 4.78 is 12.9. The molecule has 1 fully saturated rings. The first-order chi connectivity index (χ1) is 15.1. The van der Waals surface area contributed by atoms with Gasteiger partial charge in [0.25, 0.3) is 0 Å². The molecule has 3 aromatic rings. The molecule has 0 bridgehead atoms. The third kappa shape index (κ3) is 4.55. The standard InChI is InChI=1S/C25H29NO4S/c1-3-29-21-10-9-18(15-22(21)30-4-2)24(26-13-11-17(12-14-26)25(27)28)20-16-31-23-8-6-5-7-19(20)23/h5-10,15-17,24H,3-4,11-14H2,1-2H3,(H,27,28). The van der Waals surface area contributed by atoms with Gasteiger partial charge in [-0.15, -0.1) is 11.3 Å². The molecule has 0 saturated carbocycles. The molecular formula is C25H29NO4S. The van der Waals surface area contributed by atoms with E-state index in [1.807, 2.05) is 19.9 Å². The zero-order valence-electron chi connectivity index (χ0n) is 18.0. The van der Waals surface area contributed by atoms with Crippen LogP contribution in [-0.4, -0.2) is 42.3 Å². The zero-order chi connectivity index (χ0) is 21.8. The molecule has 1 aromatic heterocycles. The molecular weight excluding hydrogens is 410 g/mol. The Labute approximate surface area is 187 Å². The minimum absolute atomic E-state index is 0.0424. The highest BCUT2D eigenvalue weighted by Gasteiger charge is 2.31. The van der Waals surface area contributed by atoms with Crippen molar-refractivity contribution in [2.75, 3.05) is 26.3 Å². The van der Waals surface area contributed by atoms with Gasteiger partial charge in [-0.3, -0.25) is 9.69 Å². The van der Waals surface area contributed by atoms with Crippen LogP contribution in [0.2, 0.25) is 0 Å². The number of nitrogens with zero attached hydrogens (tertiary/aromatic N) is 1. The van der Waals surface area contributed by atoms with Crippen LogP contribution in [0.5, 0.6) is 11.5 Å². The predicted molar refractivity (Wildman–Crippen MR) is 124 cm³/mol. The first kappa shape index (κ1) is 21.7. The molecule has 6 heteroatoms. The summed E-state index contributed by atoms with van der Waals surface area (Å²) >= 11 is 1.76. The number of carbonyl (C=O) groups is 1. The van der Waals surface area contributed by atoms with E-state index in [0.717, 1.165) is 30.2 Å². The van der Waals surface area contributed by atoms with E-state index in [1.165, 1.54) is 15.6 Å². The number of likely N-dealkylation sites (tertiary alicyclic amines) is 1. The molecule has 0 radical (unpaired) electrons. The highest BCUT2D eigenvalue weighted by atomic mass is 32.1. The number of ether oxygens (including phenoxy) is 2. The Balaban J connectivity index is 1.76. The van der Waals surface area contributed by atoms with Crippen LogP contribution in [0.4, 0.5) is 0 Å². The van der Waals surface area contributed by atoms with Gasteiger partial charge in [0.15, 0.2) is 11.5 Å². The summed E-state index contributed by atoms with van der Waals surface area (Å²) in [5, 5.41) is 12.9. The molecule has 1 unspecified atom stereocenters. The van der Waals surface area contributed by atoms with Crippen LogP contribution in [0.1, 0.15) is 43.9 Å². The van der Waals surface area contributed by atoms with Crippen LogP contribution >= 0.6 is 11.3 Å². The lowest BCUT2D eigenvalue weighted by atomic mass is 9.91. The summed E-state index contributed by atoms with van der Waals surface area (Å²) in [5.74, 6) is 0.575. The first-order valence-electron chi connectivity index (χ1n) is 10.9. The van der Waals surface area contributed by atoms with Gasteiger partial charge in [-0.2, -0.15) is 0 Å². The number of carboxylic acids is 1. The number of thiophene rings is 1. The molecule has 5 nitrogen and oxygen atoms in total. The number of rotatable bonds is 8. The van der Waals surface area contributed by atoms with E-state index in [4.69, 9.17) is 9.47 Å². The second-order valence-corrected chi connectivity index (χ2v) is 8.72. The highest BCUT2D eigenvalue weighted by molar-refractivity contribution is 7.17. The molecule has 0 amide bonds. The minimum Gasteiger partial charge on any atom is -0.490 e. The van der Waals surface area contributed by atoms with Crippen LogP contribution in [0.3, 0.4) is 0 Å².